The molecule has 0 aliphatic heterocycles. The molecule has 0 aromatic heterocycles. The Bertz CT molecular complexity index is 860. The van der Waals surface area contributed by atoms with Crippen LogP contribution in [0.5, 0.6) is 11.5 Å². The van der Waals surface area contributed by atoms with Gasteiger partial charge in [-0.15, -0.1) is 0 Å². The van der Waals surface area contributed by atoms with Crippen LogP contribution in [-0.2, 0) is 4.79 Å². The minimum Gasteiger partial charge on any atom is -0.496 e. The Morgan fingerprint density at radius 3 is 2.73 bits per heavy atom. The summed E-state index contributed by atoms with van der Waals surface area (Å²) in [5, 5.41) is 15.0. The van der Waals surface area contributed by atoms with Crippen molar-refractivity contribution in [2.45, 2.75) is 0 Å². The second kappa shape index (κ2) is 9.34. The Morgan fingerprint density at radius 1 is 1.35 bits per heavy atom. The first-order chi connectivity index (χ1) is 12.4. The molecule has 2 rings (SSSR count). The van der Waals surface area contributed by atoms with Gasteiger partial charge in [0.2, 0.25) is 0 Å². The molecular weight excluding hydrogens is 477 g/mol. The summed E-state index contributed by atoms with van der Waals surface area (Å²) >= 11 is 7.84. The van der Waals surface area contributed by atoms with Crippen LogP contribution >= 0.6 is 34.2 Å². The number of carbonyl (C=O) groups excluding carboxylic acids is 1. The number of ether oxygens (including phenoxy) is 2. The molecule has 136 valence electrons. The molecule has 1 amide bonds. The maximum absolute atomic E-state index is 11.8. The molecule has 0 bridgehead atoms. The third kappa shape index (κ3) is 5.56. The first kappa shape index (κ1) is 19.9. The van der Waals surface area contributed by atoms with Crippen LogP contribution in [0.4, 0.5) is 5.69 Å². The molecule has 2 aromatic carbocycles. The minimum atomic E-state index is -0.636. The third-order valence-corrected chi connectivity index (χ3v) is 4.13. The van der Waals surface area contributed by atoms with Gasteiger partial charge < -0.3 is 9.47 Å². The zero-order valence-electron chi connectivity index (χ0n) is 13.4. The van der Waals surface area contributed by atoms with E-state index in [1.807, 2.05) is 6.07 Å². The lowest BCUT2D eigenvalue weighted by atomic mass is 10.2. The molecule has 0 heterocycles. The van der Waals surface area contributed by atoms with E-state index < -0.39 is 17.4 Å². The fraction of sp³-hybridized carbons (Fsp3) is 0.125. The van der Waals surface area contributed by atoms with E-state index in [9.17, 15) is 14.9 Å². The number of halogens is 2. The van der Waals surface area contributed by atoms with Gasteiger partial charge in [-0.25, -0.2) is 5.43 Å². The fourth-order valence-corrected chi connectivity index (χ4v) is 2.80. The van der Waals surface area contributed by atoms with Crippen molar-refractivity contribution in [2.75, 3.05) is 13.7 Å². The van der Waals surface area contributed by atoms with E-state index in [0.717, 1.165) is 20.9 Å². The van der Waals surface area contributed by atoms with Gasteiger partial charge >= 0.3 is 5.69 Å². The van der Waals surface area contributed by atoms with E-state index in [4.69, 9.17) is 21.1 Å². The highest BCUT2D eigenvalue weighted by molar-refractivity contribution is 14.1. The van der Waals surface area contributed by atoms with Gasteiger partial charge in [-0.05, 0) is 58.5 Å². The average Bonchev–Trinajstić information content (AvgIpc) is 2.60. The van der Waals surface area contributed by atoms with Gasteiger partial charge in [0, 0.05) is 11.1 Å². The van der Waals surface area contributed by atoms with Gasteiger partial charge in [-0.2, -0.15) is 5.10 Å². The molecule has 10 heteroatoms. The number of hydrazone groups is 1. The number of nitro benzene ring substituents is 1. The van der Waals surface area contributed by atoms with Gasteiger partial charge in [-0.3, -0.25) is 14.9 Å². The van der Waals surface area contributed by atoms with Crippen molar-refractivity contribution in [3.8, 4) is 11.5 Å². The Hall–Kier alpha value is -2.40. The molecule has 0 saturated heterocycles. The molecular formula is C16H13ClIN3O5. The number of nitrogens with one attached hydrogen (secondary N) is 1. The quantitative estimate of drug-likeness (QED) is 0.278. The van der Waals surface area contributed by atoms with Crippen molar-refractivity contribution < 1.29 is 19.2 Å². The van der Waals surface area contributed by atoms with Gasteiger partial charge in [-0.1, -0.05) is 11.6 Å². The summed E-state index contributed by atoms with van der Waals surface area (Å²) in [6.45, 7) is -0.431. The maximum Gasteiger partial charge on any atom is 0.312 e. The van der Waals surface area contributed by atoms with Crippen molar-refractivity contribution in [1.82, 2.24) is 5.43 Å². The van der Waals surface area contributed by atoms with Crippen LogP contribution in [0.1, 0.15) is 5.56 Å². The Morgan fingerprint density at radius 2 is 2.08 bits per heavy atom. The highest BCUT2D eigenvalue weighted by Gasteiger charge is 2.16. The van der Waals surface area contributed by atoms with E-state index in [-0.39, 0.29) is 16.5 Å². The zero-order valence-corrected chi connectivity index (χ0v) is 16.4. The van der Waals surface area contributed by atoms with Crippen LogP contribution in [0.25, 0.3) is 0 Å². The number of nitro groups is 1. The number of methoxy groups -OCH3 is 1. The number of hydrogen-bond donors (Lipinski definition) is 1. The zero-order chi connectivity index (χ0) is 19.1. The molecule has 0 atom stereocenters. The highest BCUT2D eigenvalue weighted by atomic mass is 127. The summed E-state index contributed by atoms with van der Waals surface area (Å²) in [5.41, 5.74) is 2.74. The van der Waals surface area contributed by atoms with E-state index in [1.165, 1.54) is 18.3 Å². The predicted octanol–water partition coefficient (Wildman–Crippen LogP) is 3.39. The summed E-state index contributed by atoms with van der Waals surface area (Å²) in [4.78, 5) is 22.1. The summed E-state index contributed by atoms with van der Waals surface area (Å²) < 4.78 is 11.2. The van der Waals surface area contributed by atoms with Crippen LogP contribution in [0.15, 0.2) is 41.5 Å². The molecule has 0 unspecified atom stereocenters. The lowest BCUT2D eigenvalue weighted by Crippen LogP contribution is -2.24. The van der Waals surface area contributed by atoms with Crippen molar-refractivity contribution >= 4 is 52.0 Å². The number of carbonyl (C=O) groups is 1. The van der Waals surface area contributed by atoms with Crippen LogP contribution in [0.3, 0.4) is 0 Å². The van der Waals surface area contributed by atoms with Crippen molar-refractivity contribution in [2.24, 2.45) is 5.10 Å². The molecule has 0 aliphatic rings. The lowest BCUT2D eigenvalue weighted by molar-refractivity contribution is -0.385. The fourth-order valence-electron chi connectivity index (χ4n) is 1.87. The number of benzene rings is 2. The van der Waals surface area contributed by atoms with Crippen molar-refractivity contribution in [3.63, 3.8) is 0 Å². The largest absolute Gasteiger partial charge is 0.496 e. The van der Waals surface area contributed by atoms with Crippen LogP contribution in [0.2, 0.25) is 5.02 Å². The summed E-state index contributed by atoms with van der Waals surface area (Å²) in [5.74, 6) is 0.127. The molecule has 8 nitrogen and oxygen atoms in total. The van der Waals surface area contributed by atoms with E-state index in [0.29, 0.717) is 0 Å². The normalized spacial score (nSPS) is 10.6. The number of amides is 1. The second-order valence-electron chi connectivity index (χ2n) is 4.84. The monoisotopic (exact) mass is 489 g/mol. The molecule has 2 aromatic rings. The topological polar surface area (TPSA) is 103 Å². The van der Waals surface area contributed by atoms with Crippen LogP contribution in [-0.4, -0.2) is 30.8 Å². The van der Waals surface area contributed by atoms with E-state index in [2.05, 4.69) is 33.1 Å². The third-order valence-electron chi connectivity index (χ3n) is 3.06. The molecule has 0 spiro atoms. The molecule has 0 aliphatic carbocycles. The minimum absolute atomic E-state index is 0.0526. The van der Waals surface area contributed by atoms with Gasteiger partial charge in [0.25, 0.3) is 5.91 Å². The molecule has 1 N–H and O–H groups in total. The number of rotatable bonds is 7. The maximum atomic E-state index is 11.8. The standard InChI is InChI=1S/C16H13ClIN3O5/c1-25-14-4-2-10(6-12(14)18)8-19-20-16(22)9-26-15-5-3-11(17)7-13(15)21(23)24/h2-8H,9H2,1H3,(H,20,22)/b19-8+. The van der Waals surface area contributed by atoms with Gasteiger partial charge in [0.1, 0.15) is 5.75 Å². The number of hydrogen-bond acceptors (Lipinski definition) is 6. The molecule has 0 saturated carbocycles. The van der Waals surface area contributed by atoms with Gasteiger partial charge in [0.05, 0.1) is 21.8 Å². The molecule has 0 radical (unpaired) electrons. The predicted molar refractivity (Wildman–Crippen MR) is 105 cm³/mol. The molecule has 0 fully saturated rings. The Balaban J connectivity index is 1.91. The van der Waals surface area contributed by atoms with Crippen molar-refractivity contribution in [3.05, 3.63) is 60.7 Å². The lowest BCUT2D eigenvalue weighted by Gasteiger charge is -2.06. The van der Waals surface area contributed by atoms with Gasteiger partial charge in [0.15, 0.2) is 12.4 Å². The highest BCUT2D eigenvalue weighted by Crippen LogP contribution is 2.29. The van der Waals surface area contributed by atoms with Crippen LogP contribution < -0.4 is 14.9 Å². The first-order valence-corrected chi connectivity index (χ1v) is 8.58. The molecule has 26 heavy (non-hydrogen) atoms. The van der Waals surface area contributed by atoms with E-state index >= 15 is 0 Å². The Labute approximate surface area is 167 Å². The second-order valence-corrected chi connectivity index (χ2v) is 6.44. The van der Waals surface area contributed by atoms with Crippen LogP contribution in [0, 0.1) is 13.7 Å². The average molecular weight is 490 g/mol. The number of nitrogens with zero attached hydrogens (tertiary/aromatic N) is 2. The SMILES string of the molecule is COc1ccc(/C=N/NC(=O)COc2ccc(Cl)cc2[N+](=O)[O-])cc1I. The van der Waals surface area contributed by atoms with E-state index in [1.54, 1.807) is 19.2 Å². The van der Waals surface area contributed by atoms with Crippen molar-refractivity contribution in [1.29, 1.82) is 0 Å². The summed E-state index contributed by atoms with van der Waals surface area (Å²) in [6, 6.07) is 9.32. The smallest absolute Gasteiger partial charge is 0.312 e. The Kier molecular flexibility index (Phi) is 7.16. The first-order valence-electron chi connectivity index (χ1n) is 7.13. The summed E-state index contributed by atoms with van der Waals surface area (Å²) in [6.07, 6.45) is 1.46. The summed E-state index contributed by atoms with van der Waals surface area (Å²) in [7, 11) is 1.58.